The highest BCUT2D eigenvalue weighted by Gasteiger charge is 2.49. The van der Waals surface area contributed by atoms with E-state index < -0.39 is 5.60 Å². The fourth-order valence-electron chi connectivity index (χ4n) is 4.95. The smallest absolute Gasteiger partial charge is 0.302 e. The number of carbonyl (C=O) groups excluding carboxylic acids is 1. The van der Waals surface area contributed by atoms with E-state index in [-0.39, 0.29) is 17.5 Å². The van der Waals surface area contributed by atoms with Gasteiger partial charge in [-0.1, -0.05) is 51.5 Å². The number of aliphatic hydroxyl groups is 1. The maximum Gasteiger partial charge on any atom is 0.302 e. The summed E-state index contributed by atoms with van der Waals surface area (Å²) in [6, 6.07) is 0. The molecule has 25 heavy (non-hydrogen) atoms. The first-order chi connectivity index (χ1) is 11.8. The summed E-state index contributed by atoms with van der Waals surface area (Å²) in [5, 5.41) is 10.4. The highest BCUT2D eigenvalue weighted by atomic mass is 16.5. The maximum absolute atomic E-state index is 11.4. The predicted octanol–water partition coefficient (Wildman–Crippen LogP) is 5.19. The van der Waals surface area contributed by atoms with Crippen molar-refractivity contribution in [1.29, 1.82) is 0 Å². The Morgan fingerprint density at radius 1 is 1.48 bits per heavy atom. The third-order valence-electron chi connectivity index (χ3n) is 6.69. The van der Waals surface area contributed by atoms with Crippen molar-refractivity contribution in [3.05, 3.63) is 23.8 Å². The molecule has 2 aliphatic carbocycles. The third kappa shape index (κ3) is 4.36. The van der Waals surface area contributed by atoms with E-state index in [1.54, 1.807) is 0 Å². The fourth-order valence-corrected chi connectivity index (χ4v) is 4.95. The van der Waals surface area contributed by atoms with Crippen LogP contribution in [0.25, 0.3) is 0 Å². The zero-order valence-corrected chi connectivity index (χ0v) is 16.7. The Bertz CT molecular complexity index is 529. The Morgan fingerprint density at radius 2 is 2.16 bits per heavy atom. The highest BCUT2D eigenvalue weighted by Crippen LogP contribution is 2.55. The minimum absolute atomic E-state index is 0.0676. The Balaban J connectivity index is 2.05. The lowest BCUT2D eigenvalue weighted by Crippen LogP contribution is -2.41. The van der Waals surface area contributed by atoms with E-state index in [0.717, 1.165) is 38.5 Å². The average Bonchev–Trinajstić information content (AvgIpc) is 2.92. The molecule has 3 heteroatoms. The summed E-state index contributed by atoms with van der Waals surface area (Å²) in [5.74, 6) is 0.729. The molecule has 0 aromatic heterocycles. The molecular formula is C22H36O3. The first kappa shape index (κ1) is 20.2. The molecule has 0 saturated heterocycles. The van der Waals surface area contributed by atoms with Crippen molar-refractivity contribution in [2.75, 3.05) is 0 Å². The van der Waals surface area contributed by atoms with Gasteiger partial charge in [0.15, 0.2) is 0 Å². The van der Waals surface area contributed by atoms with Gasteiger partial charge in [-0.25, -0.2) is 0 Å². The van der Waals surface area contributed by atoms with Gasteiger partial charge in [0.1, 0.15) is 6.10 Å². The van der Waals surface area contributed by atoms with Gasteiger partial charge in [0.25, 0.3) is 0 Å². The zero-order chi connectivity index (χ0) is 18.7. The van der Waals surface area contributed by atoms with Crippen LogP contribution in [0.1, 0.15) is 79.6 Å². The minimum Gasteiger partial charge on any atom is -0.462 e. The second-order valence-electron chi connectivity index (χ2n) is 8.31. The molecule has 0 spiro atoms. The van der Waals surface area contributed by atoms with E-state index in [1.165, 1.54) is 18.9 Å². The van der Waals surface area contributed by atoms with Crippen molar-refractivity contribution in [3.8, 4) is 0 Å². The first-order valence-corrected chi connectivity index (χ1v) is 10.0. The monoisotopic (exact) mass is 348 g/mol. The summed E-state index contributed by atoms with van der Waals surface area (Å²) in [6.07, 6.45) is 13.4. The second kappa shape index (κ2) is 8.07. The van der Waals surface area contributed by atoms with E-state index >= 15 is 0 Å². The lowest BCUT2D eigenvalue weighted by Gasteiger charge is -2.44. The van der Waals surface area contributed by atoms with Crippen molar-refractivity contribution >= 4 is 5.97 Å². The Kier molecular flexibility index (Phi) is 6.53. The van der Waals surface area contributed by atoms with Crippen LogP contribution in [-0.2, 0) is 9.53 Å². The van der Waals surface area contributed by atoms with Crippen LogP contribution in [0.5, 0.6) is 0 Å². The molecule has 0 radical (unpaired) electrons. The predicted molar refractivity (Wildman–Crippen MR) is 102 cm³/mol. The van der Waals surface area contributed by atoms with Gasteiger partial charge in [-0.3, -0.25) is 4.79 Å². The molecule has 1 unspecified atom stereocenters. The molecule has 3 nitrogen and oxygen atoms in total. The van der Waals surface area contributed by atoms with E-state index in [4.69, 9.17) is 4.74 Å². The summed E-state index contributed by atoms with van der Waals surface area (Å²) in [4.78, 5) is 11.4. The summed E-state index contributed by atoms with van der Waals surface area (Å²) >= 11 is 0. The number of ether oxygens (including phenoxy) is 1. The molecule has 0 aromatic carbocycles. The van der Waals surface area contributed by atoms with E-state index in [9.17, 15) is 9.90 Å². The summed E-state index contributed by atoms with van der Waals surface area (Å²) < 4.78 is 5.63. The van der Waals surface area contributed by atoms with Gasteiger partial charge < -0.3 is 9.84 Å². The highest BCUT2D eigenvalue weighted by molar-refractivity contribution is 5.66. The Morgan fingerprint density at radius 3 is 2.76 bits per heavy atom. The lowest BCUT2D eigenvalue weighted by atomic mass is 9.63. The van der Waals surface area contributed by atoms with E-state index in [1.807, 2.05) is 19.9 Å². The molecule has 4 atom stereocenters. The molecular weight excluding hydrogens is 312 g/mol. The molecule has 2 rings (SSSR count). The van der Waals surface area contributed by atoms with Gasteiger partial charge in [-0.2, -0.15) is 0 Å². The van der Waals surface area contributed by atoms with Gasteiger partial charge >= 0.3 is 5.97 Å². The number of hydrogen-bond acceptors (Lipinski definition) is 3. The lowest BCUT2D eigenvalue weighted by molar-refractivity contribution is -0.153. The van der Waals surface area contributed by atoms with Crippen molar-refractivity contribution < 1.29 is 14.6 Å². The quantitative estimate of drug-likeness (QED) is 0.509. The number of rotatable bonds is 7. The van der Waals surface area contributed by atoms with Crippen LogP contribution in [0.4, 0.5) is 0 Å². The normalized spacial score (nSPS) is 30.9. The molecule has 0 bridgehead atoms. The van der Waals surface area contributed by atoms with Crippen LogP contribution in [-0.4, -0.2) is 22.8 Å². The number of esters is 1. The van der Waals surface area contributed by atoms with Crippen LogP contribution in [0, 0.1) is 17.3 Å². The van der Waals surface area contributed by atoms with Crippen LogP contribution in [0.2, 0.25) is 0 Å². The van der Waals surface area contributed by atoms with Crippen molar-refractivity contribution in [3.63, 3.8) is 0 Å². The molecule has 0 heterocycles. The molecule has 2 aliphatic rings. The standard InChI is InChI=1S/C22H36O3/c1-6-22(24,7-2)15-8-10-16(3)18-12-13-19-20(25-17(4)23)11-9-14-21(18,19)5/h8,12,15-16,19-20,24H,6-7,9-11,13-14H2,1-5H3/t16-,19?,20-,21+/m0/s1. The number of hydrogen-bond donors (Lipinski definition) is 1. The van der Waals surface area contributed by atoms with Gasteiger partial charge in [0.2, 0.25) is 0 Å². The van der Waals surface area contributed by atoms with Gasteiger partial charge in [0, 0.05) is 12.8 Å². The van der Waals surface area contributed by atoms with E-state index in [0.29, 0.717) is 11.8 Å². The summed E-state index contributed by atoms with van der Waals surface area (Å²) in [5.41, 5.74) is 1.01. The number of carbonyl (C=O) groups is 1. The maximum atomic E-state index is 11.4. The van der Waals surface area contributed by atoms with Gasteiger partial charge in [-0.15, -0.1) is 0 Å². The summed E-state index contributed by atoms with van der Waals surface area (Å²) in [7, 11) is 0. The number of allylic oxidation sites excluding steroid dienone is 3. The Labute approximate surface area is 153 Å². The largest absolute Gasteiger partial charge is 0.462 e. The molecule has 1 fully saturated rings. The van der Waals surface area contributed by atoms with Crippen LogP contribution in [0.3, 0.4) is 0 Å². The van der Waals surface area contributed by atoms with Crippen molar-refractivity contribution in [2.45, 2.75) is 91.3 Å². The zero-order valence-electron chi connectivity index (χ0n) is 16.7. The third-order valence-corrected chi connectivity index (χ3v) is 6.69. The van der Waals surface area contributed by atoms with Crippen LogP contribution < -0.4 is 0 Å². The topological polar surface area (TPSA) is 46.5 Å². The fraction of sp³-hybridized carbons (Fsp3) is 0.773. The van der Waals surface area contributed by atoms with E-state index in [2.05, 4.69) is 26.0 Å². The molecule has 142 valence electrons. The van der Waals surface area contributed by atoms with Crippen molar-refractivity contribution in [2.24, 2.45) is 17.3 Å². The van der Waals surface area contributed by atoms with Crippen molar-refractivity contribution in [1.82, 2.24) is 0 Å². The molecule has 0 aromatic rings. The van der Waals surface area contributed by atoms with Crippen LogP contribution in [0.15, 0.2) is 23.8 Å². The Hall–Kier alpha value is -1.09. The van der Waals surface area contributed by atoms with Gasteiger partial charge in [-0.05, 0) is 56.3 Å². The molecule has 1 saturated carbocycles. The first-order valence-electron chi connectivity index (χ1n) is 10.0. The summed E-state index contributed by atoms with van der Waals surface area (Å²) in [6.45, 7) is 10.2. The average molecular weight is 349 g/mol. The number of fused-ring (bicyclic) bond motifs is 1. The van der Waals surface area contributed by atoms with Crippen LogP contribution >= 0.6 is 0 Å². The SMILES string of the molecule is CCC(O)(C=CC[C@H](C)C1=CCC2[C@@H](OC(C)=O)CCC[C@]12C)CC. The van der Waals surface area contributed by atoms with Gasteiger partial charge in [0.05, 0.1) is 5.60 Å². The second-order valence-corrected chi connectivity index (χ2v) is 8.31. The molecule has 0 amide bonds. The molecule has 1 N–H and O–H groups in total. The minimum atomic E-state index is -0.665. The molecule has 0 aliphatic heterocycles.